The van der Waals surface area contributed by atoms with Gasteiger partial charge in [-0.25, -0.2) is 0 Å². The predicted octanol–water partition coefficient (Wildman–Crippen LogP) is 4.39. The number of halogens is 1. The molecule has 0 spiro atoms. The van der Waals surface area contributed by atoms with E-state index in [1.165, 1.54) is 16.7 Å². The van der Waals surface area contributed by atoms with Gasteiger partial charge in [0.05, 0.1) is 0 Å². The summed E-state index contributed by atoms with van der Waals surface area (Å²) in [5.74, 6) is 1.50. The number of hydrogen-bond acceptors (Lipinski definition) is 2. The van der Waals surface area contributed by atoms with Gasteiger partial charge < -0.3 is 5.32 Å². The minimum absolute atomic E-state index is 0. The Kier molecular flexibility index (Phi) is 6.02. The summed E-state index contributed by atoms with van der Waals surface area (Å²) in [6, 6.07) is 19.5. The third kappa shape index (κ3) is 3.50. The number of amidine groups is 1. The van der Waals surface area contributed by atoms with Crippen LogP contribution in [0.25, 0.3) is 0 Å². The Hall–Kier alpha value is -1.80. The molecule has 1 aliphatic rings. The summed E-state index contributed by atoms with van der Waals surface area (Å²) in [5, 5.41) is 3.49. The zero-order valence-corrected chi connectivity index (χ0v) is 13.8. The molecule has 116 valence electrons. The van der Waals surface area contributed by atoms with Crippen molar-refractivity contribution in [2.75, 3.05) is 13.1 Å². The largest absolute Gasteiger partial charge is 0.370 e. The average Bonchev–Trinajstić information content (AvgIpc) is 2.73. The molecule has 0 radical (unpaired) electrons. The van der Waals surface area contributed by atoms with E-state index in [1.54, 1.807) is 0 Å². The van der Waals surface area contributed by atoms with Crippen LogP contribution in [0.4, 0.5) is 0 Å². The van der Waals surface area contributed by atoms with Crippen LogP contribution in [0.15, 0.2) is 59.6 Å². The molecule has 1 atom stereocenters. The van der Waals surface area contributed by atoms with Crippen LogP contribution in [0, 0.1) is 0 Å². The molecular formula is C19H23ClN2. The maximum absolute atomic E-state index is 4.78. The van der Waals surface area contributed by atoms with E-state index in [0.29, 0.717) is 5.92 Å². The summed E-state index contributed by atoms with van der Waals surface area (Å²) < 4.78 is 0. The van der Waals surface area contributed by atoms with Gasteiger partial charge in [0.25, 0.3) is 0 Å². The van der Waals surface area contributed by atoms with Gasteiger partial charge in [-0.05, 0) is 24.0 Å². The summed E-state index contributed by atoms with van der Waals surface area (Å²) in [6.45, 7) is 4.03. The van der Waals surface area contributed by atoms with Crippen LogP contribution in [0.2, 0.25) is 0 Å². The van der Waals surface area contributed by atoms with Gasteiger partial charge in [0.2, 0.25) is 0 Å². The van der Waals surface area contributed by atoms with Crippen molar-refractivity contribution in [1.82, 2.24) is 5.32 Å². The molecule has 2 nitrogen and oxygen atoms in total. The molecular weight excluding hydrogens is 292 g/mol. The molecule has 3 rings (SSSR count). The number of rotatable bonds is 3. The van der Waals surface area contributed by atoms with Crippen LogP contribution >= 0.6 is 12.4 Å². The molecule has 1 aliphatic heterocycles. The second-order valence-corrected chi connectivity index (χ2v) is 5.50. The molecule has 0 bridgehead atoms. The third-order valence-corrected chi connectivity index (χ3v) is 4.02. The standard InChI is InChI=1S/C19H22N2.ClH/c1-2-13-20-19-18-11-7-6-10-17(18)16(12-14-21-19)15-8-4-3-5-9-15;/h3-11,16H,2,12-14H2,1H3,(H,20,21);1H. The van der Waals surface area contributed by atoms with E-state index in [2.05, 4.69) is 66.8 Å². The topological polar surface area (TPSA) is 24.4 Å². The monoisotopic (exact) mass is 314 g/mol. The lowest BCUT2D eigenvalue weighted by Crippen LogP contribution is -2.26. The minimum Gasteiger partial charge on any atom is -0.370 e. The van der Waals surface area contributed by atoms with Gasteiger partial charge in [-0.1, -0.05) is 61.5 Å². The minimum atomic E-state index is 0. The van der Waals surface area contributed by atoms with Gasteiger partial charge in [0.15, 0.2) is 0 Å². The van der Waals surface area contributed by atoms with Crippen molar-refractivity contribution in [2.45, 2.75) is 25.7 Å². The van der Waals surface area contributed by atoms with Gasteiger partial charge in [-0.3, -0.25) is 4.99 Å². The molecule has 3 heteroatoms. The first-order valence-electron chi connectivity index (χ1n) is 7.82. The highest BCUT2D eigenvalue weighted by molar-refractivity contribution is 6.00. The smallest absolute Gasteiger partial charge is 0.128 e. The number of nitrogens with zero attached hydrogens (tertiary/aromatic N) is 1. The van der Waals surface area contributed by atoms with Crippen LogP contribution in [-0.2, 0) is 0 Å². The van der Waals surface area contributed by atoms with E-state index >= 15 is 0 Å². The van der Waals surface area contributed by atoms with E-state index < -0.39 is 0 Å². The van der Waals surface area contributed by atoms with E-state index in [-0.39, 0.29) is 12.4 Å². The van der Waals surface area contributed by atoms with Gasteiger partial charge in [-0.2, -0.15) is 0 Å². The second kappa shape index (κ2) is 8.00. The number of fused-ring (bicyclic) bond motifs is 1. The Morgan fingerprint density at radius 1 is 1.05 bits per heavy atom. The molecule has 2 aromatic carbocycles. The van der Waals surface area contributed by atoms with Crippen molar-refractivity contribution in [3.8, 4) is 0 Å². The summed E-state index contributed by atoms with van der Waals surface area (Å²) in [4.78, 5) is 4.78. The Morgan fingerprint density at radius 2 is 1.77 bits per heavy atom. The van der Waals surface area contributed by atoms with Crippen molar-refractivity contribution in [1.29, 1.82) is 0 Å². The number of hydrogen-bond donors (Lipinski definition) is 1. The number of nitrogens with one attached hydrogen (secondary N) is 1. The van der Waals surface area contributed by atoms with Crippen LogP contribution in [0.3, 0.4) is 0 Å². The number of aliphatic imine (C=N–C) groups is 1. The maximum Gasteiger partial charge on any atom is 0.128 e. The Bertz CT molecular complexity index is 622. The van der Waals surface area contributed by atoms with Gasteiger partial charge in [-0.15, -0.1) is 12.4 Å². The fraction of sp³-hybridized carbons (Fsp3) is 0.316. The Morgan fingerprint density at radius 3 is 2.55 bits per heavy atom. The lowest BCUT2D eigenvalue weighted by Gasteiger charge is -2.18. The first kappa shape index (κ1) is 16.6. The second-order valence-electron chi connectivity index (χ2n) is 5.50. The lowest BCUT2D eigenvalue weighted by atomic mass is 9.86. The van der Waals surface area contributed by atoms with E-state index in [9.17, 15) is 0 Å². The highest BCUT2D eigenvalue weighted by Crippen LogP contribution is 2.32. The normalized spacial score (nSPS) is 16.8. The van der Waals surface area contributed by atoms with Gasteiger partial charge >= 0.3 is 0 Å². The fourth-order valence-corrected chi connectivity index (χ4v) is 2.99. The first-order valence-corrected chi connectivity index (χ1v) is 7.82. The van der Waals surface area contributed by atoms with Gasteiger partial charge in [0, 0.05) is 24.6 Å². The summed E-state index contributed by atoms with van der Waals surface area (Å²) in [7, 11) is 0. The van der Waals surface area contributed by atoms with E-state index in [0.717, 1.165) is 31.8 Å². The Labute approximate surface area is 139 Å². The zero-order valence-electron chi connectivity index (χ0n) is 13.0. The van der Waals surface area contributed by atoms with Crippen molar-refractivity contribution in [3.05, 3.63) is 71.3 Å². The molecule has 22 heavy (non-hydrogen) atoms. The van der Waals surface area contributed by atoms with Crippen LogP contribution in [0.1, 0.15) is 42.4 Å². The molecule has 0 fully saturated rings. The van der Waals surface area contributed by atoms with Crippen molar-refractivity contribution < 1.29 is 0 Å². The zero-order chi connectivity index (χ0) is 14.5. The molecule has 0 saturated carbocycles. The van der Waals surface area contributed by atoms with Crippen LogP contribution in [0.5, 0.6) is 0 Å². The average molecular weight is 315 g/mol. The summed E-state index contributed by atoms with van der Waals surface area (Å²) in [6.07, 6.45) is 2.18. The van der Waals surface area contributed by atoms with Crippen molar-refractivity contribution >= 4 is 18.2 Å². The maximum atomic E-state index is 4.78. The summed E-state index contributed by atoms with van der Waals surface area (Å²) in [5.41, 5.74) is 4.04. The fourth-order valence-electron chi connectivity index (χ4n) is 2.99. The van der Waals surface area contributed by atoms with E-state index in [1.807, 2.05) is 0 Å². The Balaban J connectivity index is 0.00000176. The van der Waals surface area contributed by atoms with Gasteiger partial charge in [0.1, 0.15) is 5.84 Å². The van der Waals surface area contributed by atoms with Crippen LogP contribution in [-0.4, -0.2) is 18.9 Å². The molecule has 1 unspecified atom stereocenters. The molecule has 0 amide bonds. The molecule has 1 heterocycles. The van der Waals surface area contributed by atoms with Crippen molar-refractivity contribution in [2.24, 2.45) is 4.99 Å². The van der Waals surface area contributed by atoms with E-state index in [4.69, 9.17) is 4.99 Å². The highest BCUT2D eigenvalue weighted by Gasteiger charge is 2.21. The third-order valence-electron chi connectivity index (χ3n) is 4.02. The van der Waals surface area contributed by atoms with Crippen molar-refractivity contribution in [3.63, 3.8) is 0 Å². The number of benzene rings is 2. The predicted molar refractivity (Wildman–Crippen MR) is 96.3 cm³/mol. The lowest BCUT2D eigenvalue weighted by molar-refractivity contribution is 0.734. The molecule has 0 saturated heterocycles. The summed E-state index contributed by atoms with van der Waals surface area (Å²) >= 11 is 0. The molecule has 1 N–H and O–H groups in total. The first-order chi connectivity index (χ1) is 10.4. The molecule has 0 aliphatic carbocycles. The molecule has 2 aromatic rings. The highest BCUT2D eigenvalue weighted by atomic mass is 35.5. The molecule has 0 aromatic heterocycles. The quantitative estimate of drug-likeness (QED) is 0.892. The van der Waals surface area contributed by atoms with Crippen LogP contribution < -0.4 is 5.32 Å². The SMILES string of the molecule is CCCNC1=NCCC(c2ccccc2)c2ccccc21.Cl.